The van der Waals surface area contributed by atoms with Crippen molar-refractivity contribution in [1.82, 2.24) is 0 Å². The summed E-state index contributed by atoms with van der Waals surface area (Å²) in [5, 5.41) is 0. The first kappa shape index (κ1) is 12.4. The number of nitrogens with two attached hydrogens (primary N) is 1. The molecule has 1 aliphatic heterocycles. The Morgan fingerprint density at radius 2 is 2.18 bits per heavy atom. The lowest BCUT2D eigenvalue weighted by molar-refractivity contribution is 0.0583. The predicted molar refractivity (Wildman–Crippen MR) is 68.1 cm³/mol. The molecule has 0 bridgehead atoms. The fourth-order valence-electron chi connectivity index (χ4n) is 2.33. The van der Waals surface area contributed by atoms with Gasteiger partial charge in [-0.05, 0) is 43.4 Å². The molecule has 17 heavy (non-hydrogen) atoms. The monoisotopic (exact) mass is 235 g/mol. The maximum absolute atomic E-state index is 6.32. The third kappa shape index (κ3) is 3.20. The van der Waals surface area contributed by atoms with Crippen LogP contribution in [0.1, 0.15) is 31.4 Å². The highest BCUT2D eigenvalue weighted by Gasteiger charge is 2.22. The van der Waals surface area contributed by atoms with Crippen LogP contribution in [-0.4, -0.2) is 19.8 Å². The van der Waals surface area contributed by atoms with Gasteiger partial charge in [-0.2, -0.15) is 0 Å². The summed E-state index contributed by atoms with van der Waals surface area (Å²) in [7, 11) is 0. The van der Waals surface area contributed by atoms with Crippen LogP contribution in [0.15, 0.2) is 24.3 Å². The molecule has 1 aromatic carbocycles. The first-order chi connectivity index (χ1) is 8.31. The van der Waals surface area contributed by atoms with E-state index >= 15 is 0 Å². The zero-order chi connectivity index (χ0) is 12.1. The maximum atomic E-state index is 6.32. The second-order valence-corrected chi connectivity index (χ2v) is 4.48. The van der Waals surface area contributed by atoms with Gasteiger partial charge in [0.05, 0.1) is 6.61 Å². The van der Waals surface area contributed by atoms with Crippen molar-refractivity contribution in [3.63, 3.8) is 0 Å². The summed E-state index contributed by atoms with van der Waals surface area (Å²) in [4.78, 5) is 0. The Morgan fingerprint density at radius 1 is 1.41 bits per heavy atom. The van der Waals surface area contributed by atoms with Crippen molar-refractivity contribution >= 4 is 0 Å². The number of hydrogen-bond acceptors (Lipinski definition) is 3. The van der Waals surface area contributed by atoms with Gasteiger partial charge in [-0.3, -0.25) is 0 Å². The zero-order valence-corrected chi connectivity index (χ0v) is 10.4. The van der Waals surface area contributed by atoms with E-state index in [9.17, 15) is 0 Å². The first-order valence-corrected chi connectivity index (χ1v) is 6.37. The Morgan fingerprint density at radius 3 is 2.88 bits per heavy atom. The van der Waals surface area contributed by atoms with Crippen molar-refractivity contribution < 1.29 is 9.47 Å². The van der Waals surface area contributed by atoms with Crippen LogP contribution < -0.4 is 10.5 Å². The van der Waals surface area contributed by atoms with E-state index in [0.717, 1.165) is 31.8 Å². The van der Waals surface area contributed by atoms with Crippen molar-refractivity contribution in [3.8, 4) is 5.75 Å². The minimum atomic E-state index is 0.0966. The molecule has 1 fully saturated rings. The van der Waals surface area contributed by atoms with Gasteiger partial charge in [0.1, 0.15) is 5.75 Å². The Balaban J connectivity index is 2.06. The zero-order valence-electron chi connectivity index (χ0n) is 10.4. The topological polar surface area (TPSA) is 44.5 Å². The molecule has 2 rings (SSSR count). The summed E-state index contributed by atoms with van der Waals surface area (Å²) in [6, 6.07) is 8.23. The van der Waals surface area contributed by atoms with Crippen molar-refractivity contribution in [2.45, 2.75) is 25.8 Å². The van der Waals surface area contributed by atoms with E-state index in [2.05, 4.69) is 12.1 Å². The van der Waals surface area contributed by atoms with Gasteiger partial charge in [-0.15, -0.1) is 0 Å². The molecule has 0 unspecified atom stereocenters. The molecule has 94 valence electrons. The SMILES string of the molecule is CCOc1cccc([C@@H](N)C2CCOCC2)c1. The predicted octanol–water partition coefficient (Wildman–Crippen LogP) is 2.51. The number of rotatable bonds is 4. The minimum Gasteiger partial charge on any atom is -0.494 e. The van der Waals surface area contributed by atoms with Gasteiger partial charge in [-0.25, -0.2) is 0 Å². The third-order valence-corrected chi connectivity index (χ3v) is 3.33. The van der Waals surface area contributed by atoms with E-state index in [1.165, 1.54) is 5.56 Å². The van der Waals surface area contributed by atoms with Crippen molar-refractivity contribution in [1.29, 1.82) is 0 Å². The molecule has 0 radical (unpaired) electrons. The van der Waals surface area contributed by atoms with Crippen LogP contribution in [0.4, 0.5) is 0 Å². The Hall–Kier alpha value is -1.06. The molecule has 0 aromatic heterocycles. The molecule has 1 heterocycles. The van der Waals surface area contributed by atoms with Gasteiger partial charge in [0.2, 0.25) is 0 Å². The van der Waals surface area contributed by atoms with Crippen molar-refractivity contribution in [3.05, 3.63) is 29.8 Å². The molecule has 0 amide bonds. The second-order valence-electron chi connectivity index (χ2n) is 4.48. The average Bonchev–Trinajstić information content (AvgIpc) is 2.40. The van der Waals surface area contributed by atoms with Crippen molar-refractivity contribution in [2.24, 2.45) is 11.7 Å². The lowest BCUT2D eigenvalue weighted by Gasteiger charge is -2.28. The molecule has 2 N–H and O–H groups in total. The van der Waals surface area contributed by atoms with Crippen LogP contribution in [0.25, 0.3) is 0 Å². The summed E-state index contributed by atoms with van der Waals surface area (Å²) in [6.07, 6.45) is 2.11. The molecule has 0 aliphatic carbocycles. The van der Waals surface area contributed by atoms with Crippen LogP contribution in [-0.2, 0) is 4.74 Å². The standard InChI is InChI=1S/C14H21NO2/c1-2-17-13-5-3-4-12(10-13)14(15)11-6-8-16-9-7-11/h3-5,10-11,14H,2,6-9,15H2,1H3/t14-/m0/s1. The minimum absolute atomic E-state index is 0.0966. The molecule has 1 aliphatic rings. The van der Waals surface area contributed by atoms with Crippen molar-refractivity contribution in [2.75, 3.05) is 19.8 Å². The summed E-state index contributed by atoms with van der Waals surface area (Å²) in [6.45, 7) is 4.36. The molecule has 1 aromatic rings. The fourth-order valence-corrected chi connectivity index (χ4v) is 2.33. The van der Waals surface area contributed by atoms with Crippen LogP contribution in [0.2, 0.25) is 0 Å². The third-order valence-electron chi connectivity index (χ3n) is 3.33. The van der Waals surface area contributed by atoms with Gasteiger partial charge in [0.25, 0.3) is 0 Å². The molecular weight excluding hydrogens is 214 g/mol. The molecular formula is C14H21NO2. The molecule has 3 nitrogen and oxygen atoms in total. The fraction of sp³-hybridized carbons (Fsp3) is 0.571. The summed E-state index contributed by atoms with van der Waals surface area (Å²) in [5.41, 5.74) is 7.49. The van der Waals surface area contributed by atoms with Crippen LogP contribution >= 0.6 is 0 Å². The van der Waals surface area contributed by atoms with E-state index in [-0.39, 0.29) is 6.04 Å². The summed E-state index contributed by atoms with van der Waals surface area (Å²) in [5.74, 6) is 1.44. The number of hydrogen-bond donors (Lipinski definition) is 1. The Labute approximate surface area is 103 Å². The molecule has 0 spiro atoms. The maximum Gasteiger partial charge on any atom is 0.119 e. The van der Waals surface area contributed by atoms with E-state index in [1.807, 2.05) is 19.1 Å². The van der Waals surface area contributed by atoms with Crippen LogP contribution in [0, 0.1) is 5.92 Å². The number of benzene rings is 1. The normalized spacial score (nSPS) is 18.9. The molecule has 1 atom stereocenters. The second kappa shape index (κ2) is 6.03. The highest BCUT2D eigenvalue weighted by molar-refractivity contribution is 5.30. The van der Waals surface area contributed by atoms with Gasteiger partial charge < -0.3 is 15.2 Å². The summed E-state index contributed by atoms with van der Waals surface area (Å²) >= 11 is 0. The highest BCUT2D eigenvalue weighted by atomic mass is 16.5. The lowest BCUT2D eigenvalue weighted by Crippen LogP contribution is -2.27. The largest absolute Gasteiger partial charge is 0.494 e. The van der Waals surface area contributed by atoms with Crippen LogP contribution in [0.3, 0.4) is 0 Å². The Kier molecular flexibility index (Phi) is 4.40. The number of ether oxygens (including phenoxy) is 2. The van der Waals surface area contributed by atoms with E-state index in [4.69, 9.17) is 15.2 Å². The quantitative estimate of drug-likeness (QED) is 0.872. The van der Waals surface area contributed by atoms with Crippen LogP contribution in [0.5, 0.6) is 5.75 Å². The van der Waals surface area contributed by atoms with E-state index in [1.54, 1.807) is 0 Å². The van der Waals surface area contributed by atoms with Gasteiger partial charge in [-0.1, -0.05) is 12.1 Å². The summed E-state index contributed by atoms with van der Waals surface area (Å²) < 4.78 is 10.9. The average molecular weight is 235 g/mol. The van der Waals surface area contributed by atoms with E-state index in [0.29, 0.717) is 12.5 Å². The van der Waals surface area contributed by atoms with Gasteiger partial charge in [0, 0.05) is 19.3 Å². The van der Waals surface area contributed by atoms with Gasteiger partial charge in [0.15, 0.2) is 0 Å². The first-order valence-electron chi connectivity index (χ1n) is 6.37. The molecule has 1 saturated heterocycles. The highest BCUT2D eigenvalue weighted by Crippen LogP contribution is 2.29. The molecule has 0 saturated carbocycles. The lowest BCUT2D eigenvalue weighted by atomic mass is 9.88. The molecule has 3 heteroatoms. The Bertz CT molecular complexity index is 348. The smallest absolute Gasteiger partial charge is 0.119 e. The van der Waals surface area contributed by atoms with E-state index < -0.39 is 0 Å². The van der Waals surface area contributed by atoms with Gasteiger partial charge >= 0.3 is 0 Å².